The molecular weight excluding hydrogens is 178 g/mol. The first-order chi connectivity index (χ1) is 5.38. The zero-order valence-corrected chi connectivity index (χ0v) is 7.43. The van der Waals surface area contributed by atoms with E-state index in [1.165, 1.54) is 0 Å². The number of hydrogen-bond donors (Lipinski definition) is 2. The van der Waals surface area contributed by atoms with Crippen LogP contribution in [-0.4, -0.2) is 36.5 Å². The number of amides is 1. The van der Waals surface area contributed by atoms with Crippen molar-refractivity contribution in [2.24, 2.45) is 0 Å². The number of rotatable bonds is 0. The number of carbonyl (C=O) groups is 1. The Bertz CT molecular complexity index is 207. The minimum atomic E-state index is 0. The number of piperazine rings is 1. The van der Waals surface area contributed by atoms with Gasteiger partial charge in [-0.2, -0.15) is 0 Å². The van der Waals surface area contributed by atoms with E-state index in [0.717, 1.165) is 19.6 Å². The fraction of sp³-hybridized carbons (Fsp3) is 0.571. The highest BCUT2D eigenvalue weighted by Crippen LogP contribution is 2.06. The van der Waals surface area contributed by atoms with Gasteiger partial charge in [0.25, 0.3) is 0 Å². The van der Waals surface area contributed by atoms with E-state index in [1.54, 1.807) is 0 Å². The summed E-state index contributed by atoms with van der Waals surface area (Å²) in [6.45, 7) is 2.41. The smallest absolute Gasteiger partial charge is 0.244 e. The molecule has 2 heterocycles. The highest BCUT2D eigenvalue weighted by molar-refractivity contribution is 5.85. The normalized spacial score (nSPS) is 26.5. The van der Waals surface area contributed by atoms with Crippen LogP contribution in [0.4, 0.5) is 0 Å². The quantitative estimate of drug-likeness (QED) is 0.529. The summed E-state index contributed by atoms with van der Waals surface area (Å²) in [4.78, 5) is 13.3. The molecule has 0 bridgehead atoms. The number of halogens is 1. The molecule has 1 fully saturated rings. The highest BCUT2D eigenvalue weighted by Gasteiger charge is 2.28. The maximum absolute atomic E-state index is 11.2. The largest absolute Gasteiger partial charge is 0.387 e. The van der Waals surface area contributed by atoms with Crippen LogP contribution < -0.4 is 10.6 Å². The molecule has 2 aliphatic rings. The zero-order chi connectivity index (χ0) is 7.68. The number of nitrogens with zero attached hydrogens (tertiary/aromatic N) is 1. The summed E-state index contributed by atoms with van der Waals surface area (Å²) in [6, 6.07) is 0.00810. The highest BCUT2D eigenvalue weighted by atomic mass is 35.5. The van der Waals surface area contributed by atoms with Crippen LogP contribution in [0.5, 0.6) is 0 Å². The maximum Gasteiger partial charge on any atom is 0.244 e. The Morgan fingerprint density at radius 3 is 3.17 bits per heavy atom. The van der Waals surface area contributed by atoms with Crippen LogP contribution in [0.25, 0.3) is 0 Å². The van der Waals surface area contributed by atoms with Crippen LogP contribution in [-0.2, 0) is 4.79 Å². The first kappa shape index (κ1) is 9.19. The number of nitrogens with one attached hydrogen (secondary N) is 2. The van der Waals surface area contributed by atoms with E-state index in [0.29, 0.717) is 0 Å². The first-order valence-corrected chi connectivity index (χ1v) is 3.81. The second-order valence-electron chi connectivity index (χ2n) is 2.77. The number of hydrogen-bond acceptors (Lipinski definition) is 3. The maximum atomic E-state index is 11.2. The van der Waals surface area contributed by atoms with E-state index < -0.39 is 0 Å². The van der Waals surface area contributed by atoms with E-state index in [4.69, 9.17) is 0 Å². The van der Waals surface area contributed by atoms with E-state index >= 15 is 0 Å². The summed E-state index contributed by atoms with van der Waals surface area (Å²) in [5.74, 6) is 0.133. The minimum absolute atomic E-state index is 0. The second-order valence-corrected chi connectivity index (χ2v) is 2.77. The van der Waals surface area contributed by atoms with Gasteiger partial charge >= 0.3 is 0 Å². The van der Waals surface area contributed by atoms with E-state index in [2.05, 4.69) is 15.5 Å². The molecule has 12 heavy (non-hydrogen) atoms. The molecule has 0 aliphatic carbocycles. The Kier molecular flexibility index (Phi) is 2.81. The lowest BCUT2D eigenvalue weighted by Crippen LogP contribution is -2.57. The molecule has 1 amide bonds. The molecule has 1 atom stereocenters. The molecule has 0 aromatic carbocycles. The summed E-state index contributed by atoms with van der Waals surface area (Å²) < 4.78 is 0. The third kappa shape index (κ3) is 1.48. The Hall–Kier alpha value is -0.900. The predicted molar refractivity (Wildman–Crippen MR) is 47.9 cm³/mol. The van der Waals surface area contributed by atoms with Crippen molar-refractivity contribution in [2.45, 2.75) is 6.04 Å². The molecule has 0 aromatic rings. The van der Waals surface area contributed by atoms with Crippen molar-refractivity contribution >= 4 is 18.3 Å². The topological polar surface area (TPSA) is 44.4 Å². The lowest BCUT2D eigenvalue weighted by molar-refractivity contribution is -0.127. The van der Waals surface area contributed by atoms with Gasteiger partial charge in [0.1, 0.15) is 6.04 Å². The Morgan fingerprint density at radius 2 is 2.42 bits per heavy atom. The molecule has 1 saturated heterocycles. The van der Waals surface area contributed by atoms with Crippen LogP contribution in [0.15, 0.2) is 12.4 Å². The monoisotopic (exact) mass is 189 g/mol. The average Bonchev–Trinajstić information content (AvgIpc) is 2.06. The molecular formula is C7H12ClN3O. The van der Waals surface area contributed by atoms with Crippen molar-refractivity contribution < 1.29 is 4.79 Å². The molecule has 1 unspecified atom stereocenters. The van der Waals surface area contributed by atoms with Crippen LogP contribution in [0.1, 0.15) is 0 Å². The fourth-order valence-corrected chi connectivity index (χ4v) is 1.45. The van der Waals surface area contributed by atoms with Crippen molar-refractivity contribution in [1.29, 1.82) is 0 Å². The molecule has 4 nitrogen and oxygen atoms in total. The summed E-state index contributed by atoms with van der Waals surface area (Å²) in [6.07, 6.45) is 3.82. The Labute approximate surface area is 77.4 Å². The van der Waals surface area contributed by atoms with E-state index in [9.17, 15) is 4.79 Å². The lowest BCUT2D eigenvalue weighted by atomic mass is 10.1. The van der Waals surface area contributed by atoms with Gasteiger partial charge in [-0.25, -0.2) is 0 Å². The van der Waals surface area contributed by atoms with Gasteiger partial charge < -0.3 is 15.5 Å². The molecule has 2 aliphatic heterocycles. The average molecular weight is 190 g/mol. The van der Waals surface area contributed by atoms with Gasteiger partial charge in [-0.15, -0.1) is 12.4 Å². The zero-order valence-electron chi connectivity index (χ0n) is 6.62. The van der Waals surface area contributed by atoms with Crippen molar-refractivity contribution in [3.05, 3.63) is 12.4 Å². The van der Waals surface area contributed by atoms with Crippen molar-refractivity contribution in [2.75, 3.05) is 19.6 Å². The van der Waals surface area contributed by atoms with E-state index in [-0.39, 0.29) is 24.4 Å². The minimum Gasteiger partial charge on any atom is -0.387 e. The van der Waals surface area contributed by atoms with Gasteiger partial charge in [0.05, 0.1) is 0 Å². The van der Waals surface area contributed by atoms with Gasteiger partial charge in [0.2, 0.25) is 5.91 Å². The van der Waals surface area contributed by atoms with Gasteiger partial charge in [-0.1, -0.05) is 0 Å². The summed E-state index contributed by atoms with van der Waals surface area (Å²) in [5.41, 5.74) is 0. The molecule has 68 valence electrons. The van der Waals surface area contributed by atoms with Crippen molar-refractivity contribution in [3.63, 3.8) is 0 Å². The van der Waals surface area contributed by atoms with Crippen LogP contribution >= 0.6 is 12.4 Å². The van der Waals surface area contributed by atoms with Crippen molar-refractivity contribution in [3.8, 4) is 0 Å². The first-order valence-electron chi connectivity index (χ1n) is 3.81. The van der Waals surface area contributed by atoms with E-state index in [1.807, 2.05) is 12.4 Å². The summed E-state index contributed by atoms with van der Waals surface area (Å²) in [5, 5.41) is 5.86. The molecule has 2 N–H and O–H groups in total. The van der Waals surface area contributed by atoms with Crippen molar-refractivity contribution in [1.82, 2.24) is 15.5 Å². The third-order valence-electron chi connectivity index (χ3n) is 2.07. The SMILES string of the molecule is Cl.O=C1NCCN2C=CNCC12. The third-order valence-corrected chi connectivity index (χ3v) is 2.07. The summed E-state index contributed by atoms with van der Waals surface area (Å²) >= 11 is 0. The lowest BCUT2D eigenvalue weighted by Gasteiger charge is -2.36. The van der Waals surface area contributed by atoms with Crippen LogP contribution in [0.3, 0.4) is 0 Å². The molecule has 0 spiro atoms. The molecule has 0 saturated carbocycles. The Morgan fingerprint density at radius 1 is 1.58 bits per heavy atom. The van der Waals surface area contributed by atoms with Crippen LogP contribution in [0, 0.1) is 0 Å². The Balaban J connectivity index is 0.000000720. The summed E-state index contributed by atoms with van der Waals surface area (Å²) in [7, 11) is 0. The molecule has 5 heteroatoms. The van der Waals surface area contributed by atoms with Gasteiger partial charge in [-0.3, -0.25) is 4.79 Å². The fourth-order valence-electron chi connectivity index (χ4n) is 1.45. The number of carbonyl (C=O) groups excluding carboxylic acids is 1. The molecule has 0 radical (unpaired) electrons. The predicted octanol–water partition coefficient (Wildman–Crippen LogP) is -0.717. The standard InChI is InChI=1S/C7H11N3O.ClH/c11-7-6-5-8-1-3-10(6)4-2-9-7;/h1,3,6,8H,2,4-5H2,(H,9,11);1H. The second kappa shape index (κ2) is 3.67. The van der Waals surface area contributed by atoms with Gasteiger partial charge in [0, 0.05) is 32.0 Å². The molecule has 2 rings (SSSR count). The number of fused-ring (bicyclic) bond motifs is 1. The van der Waals surface area contributed by atoms with Crippen LogP contribution in [0.2, 0.25) is 0 Å². The molecule has 0 aromatic heterocycles. The van der Waals surface area contributed by atoms with Gasteiger partial charge in [-0.05, 0) is 0 Å². The van der Waals surface area contributed by atoms with Gasteiger partial charge in [0.15, 0.2) is 0 Å².